The van der Waals surface area contributed by atoms with Gasteiger partial charge in [0.1, 0.15) is 6.61 Å². The molecule has 110 valence electrons. The van der Waals surface area contributed by atoms with E-state index in [9.17, 15) is 0 Å². The molecule has 0 bridgehead atoms. The minimum Gasteiger partial charge on any atom is -0.472 e. The number of aromatic nitrogens is 2. The van der Waals surface area contributed by atoms with E-state index in [4.69, 9.17) is 4.74 Å². The summed E-state index contributed by atoms with van der Waals surface area (Å²) in [5, 5.41) is 3.37. The molecule has 2 aromatic rings. The van der Waals surface area contributed by atoms with E-state index in [2.05, 4.69) is 27.1 Å². The second kappa shape index (κ2) is 6.54. The first-order valence-electron chi connectivity index (χ1n) is 7.29. The van der Waals surface area contributed by atoms with Crippen molar-refractivity contribution >= 4 is 5.82 Å². The number of hydrogen-bond donors (Lipinski definition) is 1. The first-order chi connectivity index (χ1) is 10.3. The predicted molar refractivity (Wildman–Crippen MR) is 82.5 cm³/mol. The SMILES string of the molecule is CC1CNCCN1c1cncc(OCc2ccccc2)n1. The van der Waals surface area contributed by atoms with Gasteiger partial charge in [0.15, 0.2) is 5.82 Å². The lowest BCUT2D eigenvalue weighted by atomic mass is 10.2. The van der Waals surface area contributed by atoms with Gasteiger partial charge in [-0.05, 0) is 12.5 Å². The highest BCUT2D eigenvalue weighted by molar-refractivity contribution is 5.39. The van der Waals surface area contributed by atoms with E-state index in [1.165, 1.54) is 0 Å². The van der Waals surface area contributed by atoms with Crippen LogP contribution in [0.5, 0.6) is 5.88 Å². The Labute approximate surface area is 125 Å². The number of piperazine rings is 1. The fourth-order valence-corrected chi connectivity index (χ4v) is 2.46. The van der Waals surface area contributed by atoms with Crippen LogP contribution in [-0.4, -0.2) is 35.6 Å². The highest BCUT2D eigenvalue weighted by Gasteiger charge is 2.19. The number of benzene rings is 1. The van der Waals surface area contributed by atoms with Crippen LogP contribution >= 0.6 is 0 Å². The Morgan fingerprint density at radius 2 is 2.14 bits per heavy atom. The first-order valence-corrected chi connectivity index (χ1v) is 7.29. The van der Waals surface area contributed by atoms with Crippen LogP contribution in [0.4, 0.5) is 5.82 Å². The molecule has 3 rings (SSSR count). The molecule has 1 aliphatic rings. The molecule has 21 heavy (non-hydrogen) atoms. The minimum absolute atomic E-state index is 0.414. The molecule has 1 N–H and O–H groups in total. The van der Waals surface area contributed by atoms with E-state index in [1.54, 1.807) is 12.4 Å². The van der Waals surface area contributed by atoms with Crippen LogP contribution < -0.4 is 15.0 Å². The third-order valence-electron chi connectivity index (χ3n) is 3.62. The summed E-state index contributed by atoms with van der Waals surface area (Å²) in [7, 11) is 0. The van der Waals surface area contributed by atoms with Crippen LogP contribution in [0.25, 0.3) is 0 Å². The Hall–Kier alpha value is -2.14. The van der Waals surface area contributed by atoms with Crippen molar-refractivity contribution in [1.29, 1.82) is 0 Å². The van der Waals surface area contributed by atoms with Gasteiger partial charge in [-0.1, -0.05) is 30.3 Å². The Bertz CT molecular complexity index is 575. The van der Waals surface area contributed by atoms with Crippen LogP contribution in [0, 0.1) is 0 Å². The van der Waals surface area contributed by atoms with Gasteiger partial charge in [0.25, 0.3) is 0 Å². The number of nitrogens with zero attached hydrogens (tertiary/aromatic N) is 3. The van der Waals surface area contributed by atoms with Gasteiger partial charge in [-0.25, -0.2) is 0 Å². The molecule has 0 saturated carbocycles. The molecule has 5 heteroatoms. The minimum atomic E-state index is 0.414. The van der Waals surface area contributed by atoms with Crippen LogP contribution in [0.1, 0.15) is 12.5 Å². The summed E-state index contributed by atoms with van der Waals surface area (Å²) in [6.45, 7) is 5.58. The van der Waals surface area contributed by atoms with Gasteiger partial charge < -0.3 is 15.0 Å². The van der Waals surface area contributed by atoms with Gasteiger partial charge in [0.2, 0.25) is 5.88 Å². The van der Waals surface area contributed by atoms with Crippen LogP contribution in [-0.2, 0) is 6.61 Å². The maximum Gasteiger partial charge on any atom is 0.234 e. The molecule has 0 spiro atoms. The average molecular weight is 284 g/mol. The molecule has 1 fully saturated rings. The topological polar surface area (TPSA) is 50.3 Å². The highest BCUT2D eigenvalue weighted by atomic mass is 16.5. The van der Waals surface area contributed by atoms with Crippen LogP contribution in [0.15, 0.2) is 42.7 Å². The third-order valence-corrected chi connectivity index (χ3v) is 3.62. The fraction of sp³-hybridized carbons (Fsp3) is 0.375. The third kappa shape index (κ3) is 3.49. The number of hydrogen-bond acceptors (Lipinski definition) is 5. The van der Waals surface area contributed by atoms with Gasteiger partial charge in [0.05, 0.1) is 12.4 Å². The second-order valence-electron chi connectivity index (χ2n) is 5.24. The van der Waals surface area contributed by atoms with E-state index in [-0.39, 0.29) is 0 Å². The van der Waals surface area contributed by atoms with Crippen molar-refractivity contribution < 1.29 is 4.74 Å². The summed E-state index contributed by atoms with van der Waals surface area (Å²) in [4.78, 5) is 11.1. The molecular weight excluding hydrogens is 264 g/mol. The molecule has 2 heterocycles. The zero-order chi connectivity index (χ0) is 14.5. The first kappa shape index (κ1) is 13.8. The molecule has 1 unspecified atom stereocenters. The molecule has 1 aromatic heterocycles. The van der Waals surface area contributed by atoms with Gasteiger partial charge in [-0.3, -0.25) is 4.98 Å². The maximum absolute atomic E-state index is 5.74. The van der Waals surface area contributed by atoms with Crippen molar-refractivity contribution in [3.05, 3.63) is 48.3 Å². The van der Waals surface area contributed by atoms with Crippen LogP contribution in [0.2, 0.25) is 0 Å². The molecule has 5 nitrogen and oxygen atoms in total. The van der Waals surface area contributed by atoms with Gasteiger partial charge in [-0.2, -0.15) is 4.98 Å². The average Bonchev–Trinajstić information content (AvgIpc) is 2.55. The fourth-order valence-electron chi connectivity index (χ4n) is 2.46. The lowest BCUT2D eigenvalue weighted by Crippen LogP contribution is -2.50. The molecule has 0 amide bonds. The number of ether oxygens (including phenoxy) is 1. The normalized spacial score (nSPS) is 18.5. The Morgan fingerprint density at radius 1 is 1.29 bits per heavy atom. The molecule has 1 aromatic carbocycles. The summed E-state index contributed by atoms with van der Waals surface area (Å²) in [5.74, 6) is 1.46. The molecule has 0 radical (unpaired) electrons. The quantitative estimate of drug-likeness (QED) is 0.928. The van der Waals surface area contributed by atoms with Crippen molar-refractivity contribution in [3.8, 4) is 5.88 Å². The number of anilines is 1. The lowest BCUT2D eigenvalue weighted by Gasteiger charge is -2.34. The van der Waals surface area contributed by atoms with Gasteiger partial charge in [-0.15, -0.1) is 0 Å². The van der Waals surface area contributed by atoms with Crippen molar-refractivity contribution in [2.24, 2.45) is 0 Å². The van der Waals surface area contributed by atoms with E-state index in [1.807, 2.05) is 30.3 Å². The largest absolute Gasteiger partial charge is 0.472 e. The Kier molecular flexibility index (Phi) is 4.31. The lowest BCUT2D eigenvalue weighted by molar-refractivity contribution is 0.292. The van der Waals surface area contributed by atoms with E-state index in [0.29, 0.717) is 18.5 Å². The smallest absolute Gasteiger partial charge is 0.234 e. The summed E-state index contributed by atoms with van der Waals surface area (Å²) >= 11 is 0. The summed E-state index contributed by atoms with van der Waals surface area (Å²) < 4.78 is 5.74. The van der Waals surface area contributed by atoms with Crippen molar-refractivity contribution in [1.82, 2.24) is 15.3 Å². The van der Waals surface area contributed by atoms with E-state index in [0.717, 1.165) is 31.0 Å². The number of rotatable bonds is 4. The standard InChI is InChI=1S/C16H20N4O/c1-13-9-17-7-8-20(13)15-10-18-11-16(19-15)21-12-14-5-3-2-4-6-14/h2-6,10-11,13,17H,7-9,12H2,1H3. The molecule has 1 atom stereocenters. The van der Waals surface area contributed by atoms with E-state index < -0.39 is 0 Å². The molecular formula is C16H20N4O. The Morgan fingerprint density at radius 3 is 2.95 bits per heavy atom. The zero-order valence-corrected chi connectivity index (χ0v) is 12.2. The van der Waals surface area contributed by atoms with Gasteiger partial charge >= 0.3 is 0 Å². The number of nitrogens with one attached hydrogen (secondary N) is 1. The van der Waals surface area contributed by atoms with Crippen molar-refractivity contribution in [3.63, 3.8) is 0 Å². The Balaban J connectivity index is 1.68. The predicted octanol–water partition coefficient (Wildman–Crippen LogP) is 1.85. The summed E-state index contributed by atoms with van der Waals surface area (Å²) in [6, 6.07) is 10.5. The maximum atomic E-state index is 5.74. The summed E-state index contributed by atoms with van der Waals surface area (Å²) in [5.41, 5.74) is 1.13. The molecule has 1 aliphatic heterocycles. The zero-order valence-electron chi connectivity index (χ0n) is 12.2. The van der Waals surface area contributed by atoms with E-state index >= 15 is 0 Å². The second-order valence-corrected chi connectivity index (χ2v) is 5.24. The molecule has 0 aliphatic carbocycles. The van der Waals surface area contributed by atoms with Gasteiger partial charge in [0, 0.05) is 25.7 Å². The van der Waals surface area contributed by atoms with Crippen molar-refractivity contribution in [2.75, 3.05) is 24.5 Å². The monoisotopic (exact) mass is 284 g/mol. The highest BCUT2D eigenvalue weighted by Crippen LogP contribution is 2.18. The van der Waals surface area contributed by atoms with Crippen molar-refractivity contribution in [2.45, 2.75) is 19.6 Å². The summed E-state index contributed by atoms with van der Waals surface area (Å²) in [6.07, 6.45) is 3.47. The molecule has 1 saturated heterocycles. The van der Waals surface area contributed by atoms with Crippen LogP contribution in [0.3, 0.4) is 0 Å².